The van der Waals surface area contributed by atoms with Crippen LogP contribution in [0.2, 0.25) is 0 Å². The van der Waals surface area contributed by atoms with E-state index in [4.69, 9.17) is 9.47 Å². The van der Waals surface area contributed by atoms with Gasteiger partial charge < -0.3 is 14.6 Å². The summed E-state index contributed by atoms with van der Waals surface area (Å²) in [7, 11) is 0. The van der Waals surface area contributed by atoms with Crippen molar-refractivity contribution in [3.05, 3.63) is 0 Å². The highest BCUT2D eigenvalue weighted by atomic mass is 79.9. The van der Waals surface area contributed by atoms with Gasteiger partial charge in [-0.05, 0) is 6.92 Å². The molecular formula is C8H14Br2O3. The second kappa shape index (κ2) is 5.07. The van der Waals surface area contributed by atoms with Crippen LogP contribution in [0.25, 0.3) is 0 Å². The first-order valence-corrected chi connectivity index (χ1v) is 6.41. The number of aliphatic hydroxyl groups is 1. The second-order valence-electron chi connectivity index (χ2n) is 3.50. The Labute approximate surface area is 95.0 Å². The third-order valence-corrected chi connectivity index (χ3v) is 4.45. The minimum absolute atomic E-state index is 0.00535. The fourth-order valence-corrected chi connectivity index (χ4v) is 2.65. The molecule has 0 aromatic carbocycles. The lowest BCUT2D eigenvalue weighted by molar-refractivity contribution is -0.250. The Kier molecular flexibility index (Phi) is 4.65. The molecule has 3 nitrogen and oxygen atoms in total. The Balaban J connectivity index is 2.45. The smallest absolute Gasteiger partial charge is 0.183 e. The van der Waals surface area contributed by atoms with Gasteiger partial charge in [0, 0.05) is 16.1 Å². The number of rotatable bonds is 3. The fourth-order valence-electron chi connectivity index (χ4n) is 1.08. The van der Waals surface area contributed by atoms with Crippen LogP contribution in [0.4, 0.5) is 0 Å². The molecule has 1 fully saturated rings. The number of hydrogen-bond donors (Lipinski definition) is 1. The summed E-state index contributed by atoms with van der Waals surface area (Å²) in [5, 5.41) is 10.9. The zero-order chi connectivity index (χ0) is 9.90. The molecule has 5 heteroatoms. The average molecular weight is 318 g/mol. The highest BCUT2D eigenvalue weighted by Gasteiger charge is 2.36. The van der Waals surface area contributed by atoms with Crippen LogP contribution >= 0.6 is 31.9 Å². The Morgan fingerprint density at radius 3 is 2.15 bits per heavy atom. The molecule has 0 bridgehead atoms. The SMILES string of the molecule is CC(O)C1OCC(CBr)(CBr)CO1. The summed E-state index contributed by atoms with van der Waals surface area (Å²) in [4.78, 5) is 0. The van der Waals surface area contributed by atoms with Crippen LogP contribution in [-0.4, -0.2) is 41.4 Å². The largest absolute Gasteiger partial charge is 0.388 e. The van der Waals surface area contributed by atoms with E-state index in [1.165, 1.54) is 0 Å². The van der Waals surface area contributed by atoms with Gasteiger partial charge in [-0.25, -0.2) is 0 Å². The highest BCUT2D eigenvalue weighted by molar-refractivity contribution is 9.09. The van der Waals surface area contributed by atoms with E-state index in [1.54, 1.807) is 6.92 Å². The van der Waals surface area contributed by atoms with Gasteiger partial charge in [0.2, 0.25) is 0 Å². The molecule has 1 saturated heterocycles. The molecule has 1 unspecified atom stereocenters. The Morgan fingerprint density at radius 2 is 1.85 bits per heavy atom. The van der Waals surface area contributed by atoms with Crippen LogP contribution in [0.5, 0.6) is 0 Å². The van der Waals surface area contributed by atoms with Crippen LogP contribution in [0.3, 0.4) is 0 Å². The zero-order valence-electron chi connectivity index (χ0n) is 7.50. The number of ether oxygens (including phenoxy) is 2. The second-order valence-corrected chi connectivity index (χ2v) is 4.62. The van der Waals surface area contributed by atoms with Crippen molar-refractivity contribution in [3.8, 4) is 0 Å². The topological polar surface area (TPSA) is 38.7 Å². The van der Waals surface area contributed by atoms with Gasteiger partial charge in [-0.1, -0.05) is 31.9 Å². The van der Waals surface area contributed by atoms with Crippen LogP contribution < -0.4 is 0 Å². The lowest BCUT2D eigenvalue weighted by Crippen LogP contribution is -2.47. The quantitative estimate of drug-likeness (QED) is 0.802. The summed E-state index contributed by atoms with van der Waals surface area (Å²) in [6.07, 6.45) is -1.03. The predicted octanol–water partition coefficient (Wildman–Crippen LogP) is 1.52. The Morgan fingerprint density at radius 1 is 1.38 bits per heavy atom. The van der Waals surface area contributed by atoms with Crippen molar-refractivity contribution in [2.75, 3.05) is 23.9 Å². The van der Waals surface area contributed by atoms with Crippen molar-refractivity contribution in [1.29, 1.82) is 0 Å². The molecule has 1 heterocycles. The fraction of sp³-hybridized carbons (Fsp3) is 1.00. The maximum atomic E-state index is 9.22. The summed E-state index contributed by atoms with van der Waals surface area (Å²) in [6, 6.07) is 0. The monoisotopic (exact) mass is 316 g/mol. The van der Waals surface area contributed by atoms with Gasteiger partial charge in [0.1, 0.15) is 6.10 Å². The van der Waals surface area contributed by atoms with Crippen LogP contribution in [0.15, 0.2) is 0 Å². The van der Waals surface area contributed by atoms with Gasteiger partial charge in [-0.15, -0.1) is 0 Å². The molecule has 0 spiro atoms. The molecule has 0 aromatic heterocycles. The normalized spacial score (nSPS) is 25.8. The molecular weight excluding hydrogens is 304 g/mol. The highest BCUT2D eigenvalue weighted by Crippen LogP contribution is 2.29. The van der Waals surface area contributed by atoms with Gasteiger partial charge in [0.15, 0.2) is 6.29 Å². The lowest BCUT2D eigenvalue weighted by atomic mass is 9.95. The van der Waals surface area contributed by atoms with Gasteiger partial charge in [0.25, 0.3) is 0 Å². The van der Waals surface area contributed by atoms with Crippen molar-refractivity contribution < 1.29 is 14.6 Å². The van der Waals surface area contributed by atoms with Crippen LogP contribution in [-0.2, 0) is 9.47 Å². The van der Waals surface area contributed by atoms with E-state index in [2.05, 4.69) is 31.9 Å². The van der Waals surface area contributed by atoms with E-state index in [0.717, 1.165) is 10.7 Å². The first-order valence-electron chi connectivity index (χ1n) is 4.17. The van der Waals surface area contributed by atoms with Gasteiger partial charge in [-0.3, -0.25) is 0 Å². The van der Waals surface area contributed by atoms with Crippen molar-refractivity contribution in [1.82, 2.24) is 0 Å². The molecule has 0 saturated carbocycles. The third kappa shape index (κ3) is 2.89. The van der Waals surface area contributed by atoms with Gasteiger partial charge in [-0.2, -0.15) is 0 Å². The molecule has 13 heavy (non-hydrogen) atoms. The molecule has 0 aliphatic carbocycles. The molecule has 1 aliphatic heterocycles. The molecule has 78 valence electrons. The van der Waals surface area contributed by atoms with E-state index in [9.17, 15) is 5.11 Å². The van der Waals surface area contributed by atoms with Crippen LogP contribution in [0.1, 0.15) is 6.92 Å². The van der Waals surface area contributed by atoms with Gasteiger partial charge in [0.05, 0.1) is 13.2 Å². The van der Waals surface area contributed by atoms with Crippen molar-refractivity contribution in [2.45, 2.75) is 19.3 Å². The molecule has 1 aliphatic rings. The summed E-state index contributed by atoms with van der Waals surface area (Å²) < 4.78 is 10.8. The minimum Gasteiger partial charge on any atom is -0.388 e. The Hall–Kier alpha value is 0.840. The molecule has 0 radical (unpaired) electrons. The number of halogens is 2. The van der Waals surface area contributed by atoms with Crippen molar-refractivity contribution in [3.63, 3.8) is 0 Å². The molecule has 0 aromatic rings. The van der Waals surface area contributed by atoms with Crippen LogP contribution in [0, 0.1) is 5.41 Å². The number of alkyl halides is 2. The molecule has 1 rings (SSSR count). The standard InChI is InChI=1S/C8H14Br2O3/c1-6(11)7-12-4-8(2-9,3-10)5-13-7/h6-7,11H,2-5H2,1H3. The molecule has 1 N–H and O–H groups in total. The first kappa shape index (κ1) is 11.9. The lowest BCUT2D eigenvalue weighted by Gasteiger charge is -2.38. The minimum atomic E-state index is -0.566. The zero-order valence-corrected chi connectivity index (χ0v) is 10.7. The summed E-state index contributed by atoms with van der Waals surface area (Å²) in [5.41, 5.74) is 0.00535. The third-order valence-electron chi connectivity index (χ3n) is 2.07. The molecule has 0 amide bonds. The maximum absolute atomic E-state index is 9.22. The maximum Gasteiger partial charge on any atom is 0.183 e. The first-order chi connectivity index (χ1) is 6.13. The van der Waals surface area contributed by atoms with E-state index in [1.807, 2.05) is 0 Å². The average Bonchev–Trinajstić information content (AvgIpc) is 2.18. The van der Waals surface area contributed by atoms with E-state index >= 15 is 0 Å². The summed E-state index contributed by atoms with van der Waals surface area (Å²) >= 11 is 6.87. The van der Waals surface area contributed by atoms with Crippen molar-refractivity contribution >= 4 is 31.9 Å². The number of aliphatic hydroxyl groups excluding tert-OH is 1. The predicted molar refractivity (Wildman–Crippen MR) is 57.4 cm³/mol. The summed E-state index contributed by atoms with van der Waals surface area (Å²) in [6.45, 7) is 2.89. The summed E-state index contributed by atoms with van der Waals surface area (Å²) in [5.74, 6) is 0. The number of hydrogen-bond acceptors (Lipinski definition) is 3. The van der Waals surface area contributed by atoms with E-state index < -0.39 is 12.4 Å². The van der Waals surface area contributed by atoms with Crippen molar-refractivity contribution in [2.24, 2.45) is 5.41 Å². The Bertz CT molecular complexity index is 149. The van der Waals surface area contributed by atoms with Gasteiger partial charge >= 0.3 is 0 Å². The van der Waals surface area contributed by atoms with E-state index in [0.29, 0.717) is 13.2 Å². The molecule has 1 atom stereocenters. The van der Waals surface area contributed by atoms with E-state index in [-0.39, 0.29) is 5.41 Å².